The van der Waals surface area contributed by atoms with E-state index < -0.39 is 28.9 Å². The number of amides is 1. The highest BCUT2D eigenvalue weighted by Crippen LogP contribution is 2.56. The molecular formula is C17H13F2NO2. The maximum absolute atomic E-state index is 13.8. The molecule has 2 aromatic carbocycles. The second-order valence-corrected chi connectivity index (χ2v) is 5.85. The fourth-order valence-electron chi connectivity index (χ4n) is 3.52. The van der Waals surface area contributed by atoms with Crippen LogP contribution in [0.4, 0.5) is 8.78 Å². The maximum Gasteiger partial charge on any atom is 0.257 e. The number of hydrogen-bond donors (Lipinski definition) is 2. The highest BCUT2D eigenvalue weighted by Gasteiger charge is 2.56. The van der Waals surface area contributed by atoms with E-state index in [0.29, 0.717) is 5.92 Å². The molecule has 0 unspecified atom stereocenters. The Balaban J connectivity index is 1.56. The van der Waals surface area contributed by atoms with Gasteiger partial charge in [0, 0.05) is 12.0 Å². The molecular weight excluding hydrogens is 288 g/mol. The number of phenols is 1. The molecule has 4 rings (SSSR count). The van der Waals surface area contributed by atoms with Crippen LogP contribution in [-0.4, -0.2) is 17.1 Å². The number of phenolic OH excluding ortho intramolecular Hbond substituents is 1. The third-order valence-electron chi connectivity index (χ3n) is 4.63. The standard InChI is InChI=1S/C17H13F2NO2/c18-11-5-6-12(21)15(19)14(11)17(22)20-16-10-7-8-3-1-2-4-9(8)13(10)16/h1-6,10,13,16,21H,7H2,(H,20,22)/t10-,13+,16+/m0/s1. The number of carbonyl (C=O) groups excluding carboxylic acids is 1. The van der Waals surface area contributed by atoms with Crippen molar-refractivity contribution in [3.63, 3.8) is 0 Å². The molecule has 0 bridgehead atoms. The van der Waals surface area contributed by atoms with Crippen molar-refractivity contribution >= 4 is 5.91 Å². The van der Waals surface area contributed by atoms with Gasteiger partial charge in [-0.1, -0.05) is 24.3 Å². The zero-order chi connectivity index (χ0) is 15.4. The lowest BCUT2D eigenvalue weighted by Gasteiger charge is -2.11. The van der Waals surface area contributed by atoms with Crippen molar-refractivity contribution in [3.8, 4) is 5.75 Å². The van der Waals surface area contributed by atoms with Gasteiger partial charge in [0.05, 0.1) is 0 Å². The number of halogens is 2. The van der Waals surface area contributed by atoms with Gasteiger partial charge in [0.1, 0.15) is 11.4 Å². The number of rotatable bonds is 2. The second-order valence-electron chi connectivity index (χ2n) is 5.85. The lowest BCUT2D eigenvalue weighted by Crippen LogP contribution is -2.30. The summed E-state index contributed by atoms with van der Waals surface area (Å²) in [6, 6.07) is 9.71. The molecule has 0 aliphatic heterocycles. The van der Waals surface area contributed by atoms with Crippen LogP contribution < -0.4 is 5.32 Å². The number of nitrogens with one attached hydrogen (secondary N) is 1. The Bertz CT molecular complexity index is 790. The molecule has 5 heteroatoms. The summed E-state index contributed by atoms with van der Waals surface area (Å²) in [6.07, 6.45) is 0.872. The van der Waals surface area contributed by atoms with E-state index in [9.17, 15) is 18.7 Å². The van der Waals surface area contributed by atoms with E-state index >= 15 is 0 Å². The zero-order valence-corrected chi connectivity index (χ0v) is 11.5. The van der Waals surface area contributed by atoms with Gasteiger partial charge >= 0.3 is 0 Å². The summed E-state index contributed by atoms with van der Waals surface area (Å²) >= 11 is 0. The van der Waals surface area contributed by atoms with Gasteiger partial charge in [0.2, 0.25) is 0 Å². The molecule has 3 nitrogen and oxygen atoms in total. The van der Waals surface area contributed by atoms with Gasteiger partial charge in [-0.05, 0) is 35.6 Å². The predicted molar refractivity (Wildman–Crippen MR) is 75.7 cm³/mol. The minimum absolute atomic E-state index is 0.0939. The Hall–Kier alpha value is -2.43. The fourth-order valence-corrected chi connectivity index (χ4v) is 3.52. The lowest BCUT2D eigenvalue weighted by molar-refractivity contribution is 0.0938. The molecule has 1 saturated carbocycles. The molecule has 1 amide bonds. The number of carbonyl (C=O) groups is 1. The van der Waals surface area contributed by atoms with E-state index in [-0.39, 0.29) is 12.0 Å². The molecule has 0 heterocycles. The van der Waals surface area contributed by atoms with E-state index in [1.54, 1.807) is 0 Å². The Labute approximate surface area is 125 Å². The maximum atomic E-state index is 13.8. The lowest BCUT2D eigenvalue weighted by atomic mass is 10.0. The van der Waals surface area contributed by atoms with Crippen LogP contribution in [0.1, 0.15) is 27.4 Å². The molecule has 2 N–H and O–H groups in total. The molecule has 0 radical (unpaired) electrons. The van der Waals surface area contributed by atoms with E-state index in [0.717, 1.165) is 18.6 Å². The third kappa shape index (κ3) is 1.81. The van der Waals surface area contributed by atoms with Crippen molar-refractivity contribution in [1.29, 1.82) is 0 Å². The quantitative estimate of drug-likeness (QED) is 0.896. The molecule has 2 aromatic rings. The highest BCUT2D eigenvalue weighted by atomic mass is 19.1. The molecule has 2 aliphatic carbocycles. The van der Waals surface area contributed by atoms with Crippen LogP contribution in [0, 0.1) is 17.6 Å². The highest BCUT2D eigenvalue weighted by molar-refractivity contribution is 5.95. The van der Waals surface area contributed by atoms with Gasteiger partial charge in [-0.3, -0.25) is 4.79 Å². The van der Waals surface area contributed by atoms with Crippen LogP contribution >= 0.6 is 0 Å². The van der Waals surface area contributed by atoms with Gasteiger partial charge in [-0.25, -0.2) is 8.78 Å². The van der Waals surface area contributed by atoms with Gasteiger partial charge in [-0.15, -0.1) is 0 Å². The SMILES string of the molecule is O=C(N[C@@H]1[C@H]2Cc3ccccc3[C@H]21)c1c(F)ccc(O)c1F. The molecule has 0 aromatic heterocycles. The van der Waals surface area contributed by atoms with Crippen LogP contribution in [0.5, 0.6) is 5.75 Å². The Morgan fingerprint density at radius 2 is 1.95 bits per heavy atom. The van der Waals surface area contributed by atoms with E-state index in [1.807, 2.05) is 18.2 Å². The molecule has 2 aliphatic rings. The van der Waals surface area contributed by atoms with Crippen molar-refractivity contribution in [2.45, 2.75) is 18.4 Å². The van der Waals surface area contributed by atoms with Crippen LogP contribution in [0.25, 0.3) is 0 Å². The number of fused-ring (bicyclic) bond motifs is 3. The van der Waals surface area contributed by atoms with Gasteiger partial charge in [0.15, 0.2) is 11.6 Å². The largest absolute Gasteiger partial charge is 0.505 e. The van der Waals surface area contributed by atoms with Crippen LogP contribution in [0.2, 0.25) is 0 Å². The zero-order valence-electron chi connectivity index (χ0n) is 11.5. The summed E-state index contributed by atoms with van der Waals surface area (Å²) in [5.41, 5.74) is 1.76. The first kappa shape index (κ1) is 13.2. The topological polar surface area (TPSA) is 49.3 Å². The summed E-state index contributed by atoms with van der Waals surface area (Å²) in [6.45, 7) is 0. The van der Waals surface area contributed by atoms with E-state index in [1.165, 1.54) is 11.1 Å². The number of hydrogen-bond acceptors (Lipinski definition) is 2. The molecule has 112 valence electrons. The molecule has 3 atom stereocenters. The average molecular weight is 301 g/mol. The van der Waals surface area contributed by atoms with Crippen molar-refractivity contribution in [2.24, 2.45) is 5.92 Å². The predicted octanol–water partition coefficient (Wildman–Crippen LogP) is 2.74. The molecule has 0 spiro atoms. The Morgan fingerprint density at radius 1 is 1.18 bits per heavy atom. The Morgan fingerprint density at radius 3 is 2.77 bits per heavy atom. The first-order valence-electron chi connectivity index (χ1n) is 7.13. The summed E-state index contributed by atoms with van der Waals surface area (Å²) in [4.78, 5) is 12.1. The van der Waals surface area contributed by atoms with Crippen molar-refractivity contribution in [2.75, 3.05) is 0 Å². The smallest absolute Gasteiger partial charge is 0.257 e. The normalized spacial score (nSPS) is 24.5. The summed E-state index contributed by atoms with van der Waals surface area (Å²) in [5, 5.41) is 12.0. The Kier molecular flexibility index (Phi) is 2.73. The molecule has 22 heavy (non-hydrogen) atoms. The summed E-state index contributed by atoms with van der Waals surface area (Å²) in [7, 11) is 0. The fraction of sp³-hybridized carbons (Fsp3) is 0.235. The number of benzene rings is 2. The number of aromatic hydroxyl groups is 1. The van der Waals surface area contributed by atoms with Gasteiger partial charge in [-0.2, -0.15) is 0 Å². The second kappa shape index (κ2) is 4.53. The first-order chi connectivity index (χ1) is 10.6. The van der Waals surface area contributed by atoms with Crippen molar-refractivity contribution in [3.05, 3.63) is 64.7 Å². The van der Waals surface area contributed by atoms with Gasteiger partial charge < -0.3 is 10.4 Å². The average Bonchev–Trinajstić information content (AvgIpc) is 3.01. The minimum atomic E-state index is -1.22. The minimum Gasteiger partial charge on any atom is -0.505 e. The molecule has 0 saturated heterocycles. The third-order valence-corrected chi connectivity index (χ3v) is 4.63. The van der Waals surface area contributed by atoms with E-state index in [4.69, 9.17) is 0 Å². The van der Waals surface area contributed by atoms with Crippen LogP contribution in [0.3, 0.4) is 0 Å². The molecule has 1 fully saturated rings. The van der Waals surface area contributed by atoms with Gasteiger partial charge in [0.25, 0.3) is 5.91 Å². The van der Waals surface area contributed by atoms with Crippen molar-refractivity contribution < 1.29 is 18.7 Å². The van der Waals surface area contributed by atoms with Crippen LogP contribution in [0.15, 0.2) is 36.4 Å². The summed E-state index contributed by atoms with van der Waals surface area (Å²) < 4.78 is 27.4. The first-order valence-corrected chi connectivity index (χ1v) is 7.13. The monoisotopic (exact) mass is 301 g/mol. The van der Waals surface area contributed by atoms with Crippen molar-refractivity contribution in [1.82, 2.24) is 5.32 Å². The van der Waals surface area contributed by atoms with E-state index in [2.05, 4.69) is 11.4 Å². The van der Waals surface area contributed by atoms with Crippen LogP contribution in [-0.2, 0) is 6.42 Å². The summed E-state index contributed by atoms with van der Waals surface area (Å²) in [5.74, 6) is -3.22.